The van der Waals surface area contributed by atoms with E-state index in [2.05, 4.69) is 15.4 Å². The second-order valence-corrected chi connectivity index (χ2v) is 4.59. The van der Waals surface area contributed by atoms with Crippen LogP contribution in [0.5, 0.6) is 0 Å². The first-order valence-corrected chi connectivity index (χ1v) is 6.40. The first kappa shape index (κ1) is 13.5. The van der Waals surface area contributed by atoms with Crippen molar-refractivity contribution in [2.45, 2.75) is 0 Å². The Kier molecular flexibility index (Phi) is 3.50. The van der Waals surface area contributed by atoms with Gasteiger partial charge >= 0.3 is 0 Å². The molecule has 3 rings (SSSR count). The highest BCUT2D eigenvalue weighted by Gasteiger charge is 2.20. The molecule has 1 aromatic carbocycles. The number of anilines is 1. The lowest BCUT2D eigenvalue weighted by molar-refractivity contribution is -0.383. The van der Waals surface area contributed by atoms with Gasteiger partial charge in [-0.2, -0.15) is 0 Å². The second kappa shape index (κ2) is 5.46. The summed E-state index contributed by atoms with van der Waals surface area (Å²) in [5.74, 6) is 0. The van der Waals surface area contributed by atoms with Crippen molar-refractivity contribution in [1.29, 1.82) is 0 Å². The lowest BCUT2D eigenvalue weighted by atomic mass is 10.2. The highest BCUT2D eigenvalue weighted by Crippen LogP contribution is 2.28. The Morgan fingerprint density at radius 2 is 2.14 bits per heavy atom. The third-order valence-electron chi connectivity index (χ3n) is 3.24. The van der Waals surface area contributed by atoms with Crippen LogP contribution in [0.25, 0.3) is 10.9 Å². The Hall–Kier alpha value is -2.52. The zero-order valence-electron chi connectivity index (χ0n) is 11.0. The largest absolute Gasteiger partial charge is 0.379 e. The number of nitrogens with one attached hydrogen (secondary N) is 2. The number of hydrogen-bond donors (Lipinski definition) is 2. The number of fused-ring (bicyclic) bond motifs is 1. The number of hydrazine groups is 1. The fraction of sp³-hybridized carbons (Fsp3) is 0.333. The molecule has 2 aromatic rings. The molecule has 2 N–H and O–H groups in total. The fourth-order valence-corrected chi connectivity index (χ4v) is 2.19. The molecule has 1 aliphatic rings. The first-order valence-electron chi connectivity index (χ1n) is 6.40. The molecule has 110 valence electrons. The summed E-state index contributed by atoms with van der Waals surface area (Å²) in [5.41, 5.74) is 3.16. The summed E-state index contributed by atoms with van der Waals surface area (Å²) >= 11 is 0. The molecule has 9 nitrogen and oxygen atoms in total. The molecule has 0 radical (unpaired) electrons. The van der Waals surface area contributed by atoms with E-state index in [1.165, 1.54) is 18.5 Å². The van der Waals surface area contributed by atoms with E-state index in [0.29, 0.717) is 37.5 Å². The number of rotatable bonds is 3. The zero-order chi connectivity index (χ0) is 14.8. The van der Waals surface area contributed by atoms with Gasteiger partial charge in [0.25, 0.3) is 11.2 Å². The molecule has 1 aromatic heterocycles. The predicted octanol–water partition coefficient (Wildman–Crippen LogP) is 0.490. The van der Waals surface area contributed by atoms with Gasteiger partial charge in [-0.1, -0.05) is 0 Å². The van der Waals surface area contributed by atoms with Crippen molar-refractivity contribution in [2.24, 2.45) is 0 Å². The summed E-state index contributed by atoms with van der Waals surface area (Å²) in [5, 5.41) is 13.2. The van der Waals surface area contributed by atoms with Crippen molar-refractivity contribution in [3.63, 3.8) is 0 Å². The van der Waals surface area contributed by atoms with E-state index in [0.717, 1.165) is 0 Å². The fourth-order valence-electron chi connectivity index (χ4n) is 2.19. The van der Waals surface area contributed by atoms with Gasteiger partial charge in [0.2, 0.25) is 0 Å². The summed E-state index contributed by atoms with van der Waals surface area (Å²) < 4.78 is 5.23. The standard InChI is InChI=1S/C12H13N5O4/c18-12-8-5-11(17(19)20)10(6-9(8)13-7-14-12)15-16-1-3-21-4-2-16/h5-7,15H,1-4H2,(H,13,14,18). The van der Waals surface area contributed by atoms with Crippen molar-refractivity contribution < 1.29 is 9.66 Å². The monoisotopic (exact) mass is 291 g/mol. The van der Waals surface area contributed by atoms with E-state index in [1.807, 2.05) is 5.01 Å². The summed E-state index contributed by atoms with van der Waals surface area (Å²) in [6.07, 6.45) is 1.27. The minimum Gasteiger partial charge on any atom is -0.379 e. The lowest BCUT2D eigenvalue weighted by Gasteiger charge is -2.27. The molecule has 0 unspecified atom stereocenters. The third-order valence-corrected chi connectivity index (χ3v) is 3.24. The van der Waals surface area contributed by atoms with E-state index >= 15 is 0 Å². The Morgan fingerprint density at radius 1 is 1.38 bits per heavy atom. The molecule has 21 heavy (non-hydrogen) atoms. The van der Waals surface area contributed by atoms with Crippen LogP contribution in [0.2, 0.25) is 0 Å². The maximum absolute atomic E-state index is 11.7. The molecule has 1 saturated heterocycles. The van der Waals surface area contributed by atoms with Crippen molar-refractivity contribution >= 4 is 22.3 Å². The lowest BCUT2D eigenvalue weighted by Crippen LogP contribution is -2.40. The molecule has 0 atom stereocenters. The van der Waals surface area contributed by atoms with E-state index in [1.54, 1.807) is 0 Å². The highest BCUT2D eigenvalue weighted by atomic mass is 16.6. The van der Waals surface area contributed by atoms with Gasteiger partial charge in [-0.25, -0.2) is 9.99 Å². The van der Waals surface area contributed by atoms with Crippen LogP contribution in [0.1, 0.15) is 0 Å². The molecule has 0 saturated carbocycles. The molecule has 1 fully saturated rings. The highest BCUT2D eigenvalue weighted by molar-refractivity contribution is 5.86. The summed E-state index contributed by atoms with van der Waals surface area (Å²) in [6.45, 7) is 2.37. The van der Waals surface area contributed by atoms with E-state index in [4.69, 9.17) is 4.74 Å². The second-order valence-electron chi connectivity index (χ2n) is 4.59. The molecule has 9 heteroatoms. The Bertz CT molecular complexity index is 738. The topological polar surface area (TPSA) is 113 Å². The number of H-pyrrole nitrogens is 1. The molecule has 0 aliphatic carbocycles. The number of morpholine rings is 1. The smallest absolute Gasteiger partial charge is 0.294 e. The number of ether oxygens (including phenoxy) is 1. The van der Waals surface area contributed by atoms with Crippen LogP contribution < -0.4 is 11.0 Å². The van der Waals surface area contributed by atoms with Crippen LogP contribution >= 0.6 is 0 Å². The van der Waals surface area contributed by atoms with Crippen molar-refractivity contribution in [2.75, 3.05) is 31.7 Å². The van der Waals surface area contributed by atoms with E-state index in [9.17, 15) is 14.9 Å². The number of nitro groups is 1. The first-order chi connectivity index (χ1) is 10.1. The normalized spacial score (nSPS) is 16.0. The summed E-state index contributed by atoms with van der Waals surface area (Å²) in [4.78, 5) is 28.8. The molecule has 2 heterocycles. The molecule has 1 aliphatic heterocycles. The van der Waals surface area contributed by atoms with Crippen LogP contribution in [0, 0.1) is 10.1 Å². The zero-order valence-corrected chi connectivity index (χ0v) is 11.0. The summed E-state index contributed by atoms with van der Waals surface area (Å²) in [7, 11) is 0. The van der Waals surface area contributed by atoms with Gasteiger partial charge in [-0.3, -0.25) is 14.9 Å². The van der Waals surface area contributed by atoms with Crippen LogP contribution in [-0.4, -0.2) is 46.2 Å². The Labute approximate surface area is 118 Å². The Morgan fingerprint density at radius 3 is 2.86 bits per heavy atom. The van der Waals surface area contributed by atoms with Gasteiger partial charge in [-0.05, 0) is 6.07 Å². The van der Waals surface area contributed by atoms with Crippen LogP contribution in [0.3, 0.4) is 0 Å². The number of hydrogen-bond acceptors (Lipinski definition) is 7. The predicted molar refractivity (Wildman–Crippen MR) is 75.0 cm³/mol. The third kappa shape index (κ3) is 2.69. The van der Waals surface area contributed by atoms with Crippen LogP contribution in [0.4, 0.5) is 11.4 Å². The van der Waals surface area contributed by atoms with Crippen molar-refractivity contribution in [3.05, 3.63) is 38.9 Å². The van der Waals surface area contributed by atoms with Gasteiger partial charge in [0, 0.05) is 19.2 Å². The molecule has 0 amide bonds. The number of aromatic amines is 1. The van der Waals surface area contributed by atoms with Crippen molar-refractivity contribution in [1.82, 2.24) is 15.0 Å². The van der Waals surface area contributed by atoms with Crippen molar-refractivity contribution in [3.8, 4) is 0 Å². The molecule has 0 bridgehead atoms. The number of benzene rings is 1. The number of aromatic nitrogens is 2. The SMILES string of the molecule is O=c1[nH]cnc2cc(NN3CCOCC3)c([N+](=O)[O-])cc12. The molecular formula is C12H13N5O4. The maximum atomic E-state index is 11.7. The average Bonchev–Trinajstić information content (AvgIpc) is 2.48. The minimum absolute atomic E-state index is 0.160. The number of nitro benzene ring substituents is 1. The van der Waals surface area contributed by atoms with Gasteiger partial charge in [-0.15, -0.1) is 0 Å². The van der Waals surface area contributed by atoms with E-state index in [-0.39, 0.29) is 11.1 Å². The average molecular weight is 291 g/mol. The van der Waals surface area contributed by atoms with Gasteiger partial charge in [0.1, 0.15) is 5.69 Å². The Balaban J connectivity index is 2.05. The number of nitrogens with zero attached hydrogens (tertiary/aromatic N) is 3. The quantitative estimate of drug-likeness (QED) is 0.625. The van der Waals surface area contributed by atoms with Crippen LogP contribution in [0.15, 0.2) is 23.3 Å². The maximum Gasteiger partial charge on any atom is 0.294 e. The molecule has 0 spiro atoms. The van der Waals surface area contributed by atoms with Crippen LogP contribution in [-0.2, 0) is 4.74 Å². The van der Waals surface area contributed by atoms with Gasteiger partial charge in [0.15, 0.2) is 0 Å². The minimum atomic E-state index is -0.519. The molecular weight excluding hydrogens is 278 g/mol. The summed E-state index contributed by atoms with van der Waals surface area (Å²) in [6, 6.07) is 2.75. The van der Waals surface area contributed by atoms with Gasteiger partial charge < -0.3 is 15.1 Å². The van der Waals surface area contributed by atoms with Gasteiger partial charge in [0.05, 0.1) is 35.4 Å². The van der Waals surface area contributed by atoms with E-state index < -0.39 is 10.5 Å².